The largest absolute Gasteiger partial charge is 0.376 e. The van der Waals surface area contributed by atoms with Crippen LogP contribution >= 0.6 is 0 Å². The average molecular weight is 143 g/mol. The quantitative estimate of drug-likeness (QED) is 0.445. The van der Waals surface area contributed by atoms with Crippen molar-refractivity contribution in [3.63, 3.8) is 0 Å². The van der Waals surface area contributed by atoms with Gasteiger partial charge >= 0.3 is 0 Å². The van der Waals surface area contributed by atoms with E-state index in [9.17, 15) is 0 Å². The third kappa shape index (κ3) is 7.66. The maximum absolute atomic E-state index is 5.24. The summed E-state index contributed by atoms with van der Waals surface area (Å²) in [7, 11) is 0. The summed E-state index contributed by atoms with van der Waals surface area (Å²) in [6.07, 6.45) is 0. The van der Waals surface area contributed by atoms with Gasteiger partial charge < -0.3 is 10.1 Å². The summed E-state index contributed by atoms with van der Waals surface area (Å²) in [6.45, 7) is 11.2. The standard InChI is InChI=1S/C8H17NO/c1-4-9-5-6-10-7-8(2)3/h9H,2,4-7H2,1,3H3. The SMILES string of the molecule is C=C(C)COCCNCC. The Bertz CT molecular complexity index is 91.3. The van der Waals surface area contributed by atoms with Crippen molar-refractivity contribution in [2.24, 2.45) is 0 Å². The fraction of sp³-hybridized carbons (Fsp3) is 0.750. The number of hydrogen-bond acceptors (Lipinski definition) is 2. The highest BCUT2D eigenvalue weighted by Gasteiger charge is 1.86. The molecule has 0 aliphatic rings. The molecule has 2 nitrogen and oxygen atoms in total. The van der Waals surface area contributed by atoms with Crippen molar-refractivity contribution in [2.75, 3.05) is 26.3 Å². The number of ether oxygens (including phenoxy) is 1. The maximum atomic E-state index is 5.24. The molecule has 2 heteroatoms. The molecule has 0 fully saturated rings. The molecule has 0 saturated heterocycles. The van der Waals surface area contributed by atoms with Crippen molar-refractivity contribution >= 4 is 0 Å². The average Bonchev–Trinajstić information content (AvgIpc) is 1.87. The van der Waals surface area contributed by atoms with Crippen LogP contribution in [0.5, 0.6) is 0 Å². The monoisotopic (exact) mass is 143 g/mol. The van der Waals surface area contributed by atoms with E-state index in [1.54, 1.807) is 0 Å². The van der Waals surface area contributed by atoms with Gasteiger partial charge in [-0.1, -0.05) is 19.1 Å². The van der Waals surface area contributed by atoms with Gasteiger partial charge in [0.05, 0.1) is 13.2 Å². The summed E-state index contributed by atoms with van der Waals surface area (Å²) < 4.78 is 5.24. The van der Waals surface area contributed by atoms with Crippen molar-refractivity contribution in [1.82, 2.24) is 5.32 Å². The summed E-state index contributed by atoms with van der Waals surface area (Å²) in [5, 5.41) is 3.17. The van der Waals surface area contributed by atoms with Gasteiger partial charge in [0.25, 0.3) is 0 Å². The molecule has 1 N–H and O–H groups in total. The first-order valence-electron chi connectivity index (χ1n) is 3.70. The highest BCUT2D eigenvalue weighted by molar-refractivity contribution is 4.87. The van der Waals surface area contributed by atoms with E-state index in [2.05, 4.69) is 18.8 Å². The highest BCUT2D eigenvalue weighted by Crippen LogP contribution is 1.86. The van der Waals surface area contributed by atoms with Gasteiger partial charge in [0, 0.05) is 6.54 Å². The summed E-state index contributed by atoms with van der Waals surface area (Å²) in [4.78, 5) is 0. The van der Waals surface area contributed by atoms with E-state index in [0.29, 0.717) is 6.61 Å². The van der Waals surface area contributed by atoms with Crippen LogP contribution in [0.25, 0.3) is 0 Å². The van der Waals surface area contributed by atoms with Crippen LogP contribution in [0, 0.1) is 0 Å². The molecule has 0 radical (unpaired) electrons. The first kappa shape index (κ1) is 9.66. The number of hydrogen-bond donors (Lipinski definition) is 1. The summed E-state index contributed by atoms with van der Waals surface area (Å²) >= 11 is 0. The molecule has 0 spiro atoms. The van der Waals surface area contributed by atoms with Crippen LogP contribution in [-0.4, -0.2) is 26.3 Å². The fourth-order valence-electron chi connectivity index (χ4n) is 0.568. The van der Waals surface area contributed by atoms with E-state index in [4.69, 9.17) is 4.74 Å². The lowest BCUT2D eigenvalue weighted by molar-refractivity contribution is 0.158. The molecule has 0 amide bonds. The Morgan fingerprint density at radius 1 is 1.60 bits per heavy atom. The number of likely N-dealkylation sites (N-methyl/N-ethyl adjacent to an activating group) is 1. The lowest BCUT2D eigenvalue weighted by Crippen LogP contribution is -2.19. The van der Waals surface area contributed by atoms with Crippen LogP contribution in [-0.2, 0) is 4.74 Å². The Labute approximate surface area is 63.3 Å². The summed E-state index contributed by atoms with van der Waals surface area (Å²) in [6, 6.07) is 0. The Morgan fingerprint density at radius 2 is 2.30 bits per heavy atom. The third-order valence-electron chi connectivity index (χ3n) is 1.02. The van der Waals surface area contributed by atoms with Crippen molar-refractivity contribution in [1.29, 1.82) is 0 Å². The van der Waals surface area contributed by atoms with Crippen molar-refractivity contribution in [3.05, 3.63) is 12.2 Å². The number of nitrogens with one attached hydrogen (secondary N) is 1. The minimum Gasteiger partial charge on any atom is -0.376 e. The van der Waals surface area contributed by atoms with E-state index >= 15 is 0 Å². The van der Waals surface area contributed by atoms with E-state index in [-0.39, 0.29) is 0 Å². The Kier molecular flexibility index (Phi) is 6.55. The van der Waals surface area contributed by atoms with Gasteiger partial charge in [-0.05, 0) is 13.5 Å². The zero-order valence-corrected chi connectivity index (χ0v) is 6.94. The molecule has 0 aromatic carbocycles. The van der Waals surface area contributed by atoms with Gasteiger partial charge in [0.15, 0.2) is 0 Å². The zero-order chi connectivity index (χ0) is 7.82. The lowest BCUT2D eigenvalue weighted by atomic mass is 10.4. The summed E-state index contributed by atoms with van der Waals surface area (Å²) in [5.41, 5.74) is 1.08. The van der Waals surface area contributed by atoms with Crippen LogP contribution in [0.3, 0.4) is 0 Å². The van der Waals surface area contributed by atoms with Crippen LogP contribution in [0.1, 0.15) is 13.8 Å². The second kappa shape index (κ2) is 6.78. The molecule has 0 rings (SSSR count). The molecule has 0 aromatic rings. The van der Waals surface area contributed by atoms with Gasteiger partial charge in [-0.2, -0.15) is 0 Å². The van der Waals surface area contributed by atoms with Gasteiger partial charge in [-0.15, -0.1) is 0 Å². The Hall–Kier alpha value is -0.340. The van der Waals surface area contributed by atoms with Gasteiger partial charge in [-0.25, -0.2) is 0 Å². The predicted octanol–water partition coefficient (Wildman–Crippen LogP) is 1.19. The second-order valence-corrected chi connectivity index (χ2v) is 2.36. The molecule has 10 heavy (non-hydrogen) atoms. The third-order valence-corrected chi connectivity index (χ3v) is 1.02. The minimum atomic E-state index is 0.686. The van der Waals surface area contributed by atoms with Crippen molar-refractivity contribution in [3.8, 4) is 0 Å². The van der Waals surface area contributed by atoms with Crippen LogP contribution < -0.4 is 5.32 Å². The summed E-state index contributed by atoms with van der Waals surface area (Å²) in [5.74, 6) is 0. The first-order valence-corrected chi connectivity index (χ1v) is 3.70. The van der Waals surface area contributed by atoms with Crippen molar-refractivity contribution in [2.45, 2.75) is 13.8 Å². The highest BCUT2D eigenvalue weighted by atomic mass is 16.5. The molecular weight excluding hydrogens is 126 g/mol. The molecular formula is C8H17NO. The van der Waals surface area contributed by atoms with Crippen molar-refractivity contribution < 1.29 is 4.74 Å². The lowest BCUT2D eigenvalue weighted by Gasteiger charge is -2.02. The molecule has 0 atom stereocenters. The molecule has 0 aliphatic heterocycles. The van der Waals surface area contributed by atoms with Crippen LogP contribution in [0.15, 0.2) is 12.2 Å². The minimum absolute atomic E-state index is 0.686. The maximum Gasteiger partial charge on any atom is 0.0672 e. The topological polar surface area (TPSA) is 21.3 Å². The van der Waals surface area contributed by atoms with Crippen LogP contribution in [0.2, 0.25) is 0 Å². The zero-order valence-electron chi connectivity index (χ0n) is 6.94. The van der Waals surface area contributed by atoms with Crippen LogP contribution in [0.4, 0.5) is 0 Å². The smallest absolute Gasteiger partial charge is 0.0672 e. The second-order valence-electron chi connectivity index (χ2n) is 2.36. The molecule has 0 aromatic heterocycles. The van der Waals surface area contributed by atoms with E-state index in [1.807, 2.05) is 6.92 Å². The fourth-order valence-corrected chi connectivity index (χ4v) is 0.568. The van der Waals surface area contributed by atoms with E-state index < -0.39 is 0 Å². The molecule has 0 heterocycles. The Morgan fingerprint density at radius 3 is 2.80 bits per heavy atom. The molecule has 60 valence electrons. The van der Waals surface area contributed by atoms with Gasteiger partial charge in [-0.3, -0.25) is 0 Å². The van der Waals surface area contributed by atoms with E-state index in [0.717, 1.165) is 25.3 Å². The molecule has 0 bridgehead atoms. The van der Waals surface area contributed by atoms with E-state index in [1.165, 1.54) is 0 Å². The first-order chi connectivity index (χ1) is 4.77. The van der Waals surface area contributed by atoms with Gasteiger partial charge in [0.2, 0.25) is 0 Å². The molecule has 0 aliphatic carbocycles. The normalized spacial score (nSPS) is 9.80. The molecule has 0 unspecified atom stereocenters. The predicted molar refractivity (Wildman–Crippen MR) is 44.2 cm³/mol. The molecule has 0 saturated carbocycles. The Balaban J connectivity index is 2.84. The number of rotatable bonds is 6. The van der Waals surface area contributed by atoms with Gasteiger partial charge in [0.1, 0.15) is 0 Å².